The molecule has 0 spiro atoms. The lowest BCUT2D eigenvalue weighted by molar-refractivity contribution is 0.107. The van der Waals surface area contributed by atoms with Gasteiger partial charge in [-0.1, -0.05) is 18.2 Å². The van der Waals surface area contributed by atoms with Gasteiger partial charge in [-0.15, -0.1) is 0 Å². The summed E-state index contributed by atoms with van der Waals surface area (Å²) in [5.41, 5.74) is 1.23. The molecule has 0 bridgehead atoms. The third-order valence-corrected chi connectivity index (χ3v) is 3.95. The van der Waals surface area contributed by atoms with E-state index >= 15 is 0 Å². The highest BCUT2D eigenvalue weighted by atomic mass is 16.5. The molecule has 4 nitrogen and oxygen atoms in total. The zero-order valence-electron chi connectivity index (χ0n) is 12.8. The van der Waals surface area contributed by atoms with Crippen LogP contribution in [-0.2, 0) is 4.74 Å². The standard InChI is InChI=1S/C16H26N2O2/c1-4-20-16-8-6-5-7-14(16)15(17-2)12-18-10-9-13(11-18)19-3/h5-8,13,15,17H,4,9-12H2,1-3H3. The highest BCUT2D eigenvalue weighted by Crippen LogP contribution is 2.26. The second-order valence-corrected chi connectivity index (χ2v) is 5.22. The first-order valence-electron chi connectivity index (χ1n) is 7.42. The highest BCUT2D eigenvalue weighted by molar-refractivity contribution is 5.36. The number of nitrogens with one attached hydrogen (secondary N) is 1. The minimum Gasteiger partial charge on any atom is -0.494 e. The summed E-state index contributed by atoms with van der Waals surface area (Å²) in [6.07, 6.45) is 1.51. The average Bonchev–Trinajstić information content (AvgIpc) is 2.94. The van der Waals surface area contributed by atoms with Gasteiger partial charge in [0.2, 0.25) is 0 Å². The number of nitrogens with zero attached hydrogens (tertiary/aromatic N) is 1. The quantitative estimate of drug-likeness (QED) is 0.828. The molecule has 2 unspecified atom stereocenters. The molecule has 1 aromatic rings. The van der Waals surface area contributed by atoms with Gasteiger partial charge in [0, 0.05) is 38.3 Å². The van der Waals surface area contributed by atoms with Gasteiger partial charge in [0.15, 0.2) is 0 Å². The summed E-state index contributed by atoms with van der Waals surface area (Å²) in [5.74, 6) is 0.983. The number of benzene rings is 1. The Balaban J connectivity index is 2.04. The predicted octanol–water partition coefficient (Wildman–Crippen LogP) is 2.07. The molecule has 1 heterocycles. The summed E-state index contributed by atoms with van der Waals surface area (Å²) in [7, 11) is 3.81. The maximum atomic E-state index is 5.74. The minimum atomic E-state index is 0.286. The summed E-state index contributed by atoms with van der Waals surface area (Å²) in [4.78, 5) is 2.46. The third-order valence-electron chi connectivity index (χ3n) is 3.95. The van der Waals surface area contributed by atoms with Gasteiger partial charge in [-0.2, -0.15) is 0 Å². The van der Waals surface area contributed by atoms with Gasteiger partial charge in [-0.3, -0.25) is 4.90 Å². The molecule has 0 amide bonds. The van der Waals surface area contributed by atoms with Crippen molar-refractivity contribution in [2.24, 2.45) is 0 Å². The van der Waals surface area contributed by atoms with Crippen LogP contribution >= 0.6 is 0 Å². The number of likely N-dealkylation sites (tertiary alicyclic amines) is 1. The van der Waals surface area contributed by atoms with E-state index < -0.39 is 0 Å². The van der Waals surface area contributed by atoms with E-state index in [4.69, 9.17) is 9.47 Å². The van der Waals surface area contributed by atoms with Gasteiger partial charge < -0.3 is 14.8 Å². The predicted molar refractivity (Wildman–Crippen MR) is 81.3 cm³/mol. The van der Waals surface area contributed by atoms with Gasteiger partial charge in [-0.05, 0) is 26.5 Å². The van der Waals surface area contributed by atoms with Crippen LogP contribution in [0, 0.1) is 0 Å². The number of hydrogen-bond acceptors (Lipinski definition) is 4. The molecule has 1 saturated heterocycles. The second-order valence-electron chi connectivity index (χ2n) is 5.22. The number of hydrogen-bond donors (Lipinski definition) is 1. The number of para-hydroxylation sites is 1. The summed E-state index contributed by atoms with van der Waals surface area (Å²) in [6.45, 7) is 5.83. The number of likely N-dealkylation sites (N-methyl/N-ethyl adjacent to an activating group) is 1. The first-order chi connectivity index (χ1) is 9.78. The van der Waals surface area contributed by atoms with Crippen molar-refractivity contribution in [3.8, 4) is 5.75 Å². The van der Waals surface area contributed by atoms with E-state index in [1.807, 2.05) is 26.1 Å². The van der Waals surface area contributed by atoms with E-state index in [1.165, 1.54) is 5.56 Å². The van der Waals surface area contributed by atoms with Crippen LogP contribution in [0.5, 0.6) is 5.75 Å². The molecule has 1 aliphatic heterocycles. The van der Waals surface area contributed by atoms with Crippen LogP contribution in [0.1, 0.15) is 24.9 Å². The number of ether oxygens (including phenoxy) is 2. The Morgan fingerprint density at radius 2 is 2.20 bits per heavy atom. The molecule has 2 rings (SSSR count). The van der Waals surface area contributed by atoms with Crippen molar-refractivity contribution in [3.63, 3.8) is 0 Å². The SMILES string of the molecule is CCOc1ccccc1C(CN1CCC(OC)C1)NC. The van der Waals surface area contributed by atoms with E-state index in [2.05, 4.69) is 22.3 Å². The Kier molecular flexibility index (Phi) is 5.83. The molecule has 112 valence electrons. The molecular weight excluding hydrogens is 252 g/mol. The molecule has 0 aromatic heterocycles. The lowest BCUT2D eigenvalue weighted by Gasteiger charge is -2.25. The Morgan fingerprint density at radius 3 is 2.85 bits per heavy atom. The topological polar surface area (TPSA) is 33.7 Å². The van der Waals surface area contributed by atoms with Gasteiger partial charge in [-0.25, -0.2) is 0 Å². The highest BCUT2D eigenvalue weighted by Gasteiger charge is 2.25. The summed E-state index contributed by atoms with van der Waals surface area (Å²) < 4.78 is 11.2. The molecule has 1 aliphatic rings. The molecular formula is C16H26N2O2. The van der Waals surface area contributed by atoms with Crippen molar-refractivity contribution < 1.29 is 9.47 Å². The van der Waals surface area contributed by atoms with Crippen molar-refractivity contribution >= 4 is 0 Å². The van der Waals surface area contributed by atoms with Crippen LogP contribution in [0.2, 0.25) is 0 Å². The van der Waals surface area contributed by atoms with E-state index in [0.29, 0.717) is 12.7 Å². The third kappa shape index (κ3) is 3.72. The molecule has 0 aliphatic carbocycles. The Bertz CT molecular complexity index is 411. The van der Waals surface area contributed by atoms with E-state index in [-0.39, 0.29) is 6.04 Å². The fourth-order valence-corrected chi connectivity index (χ4v) is 2.81. The maximum Gasteiger partial charge on any atom is 0.124 e. The van der Waals surface area contributed by atoms with Crippen LogP contribution in [0.4, 0.5) is 0 Å². The van der Waals surface area contributed by atoms with E-state index in [1.54, 1.807) is 7.11 Å². The first kappa shape index (κ1) is 15.3. The Labute approximate surface area is 122 Å². The average molecular weight is 278 g/mol. The maximum absolute atomic E-state index is 5.74. The van der Waals surface area contributed by atoms with Gasteiger partial charge in [0.05, 0.1) is 12.7 Å². The summed E-state index contributed by atoms with van der Waals surface area (Å²) >= 11 is 0. The Hall–Kier alpha value is -1.10. The number of rotatable bonds is 7. The lowest BCUT2D eigenvalue weighted by Crippen LogP contribution is -2.33. The van der Waals surface area contributed by atoms with Crippen LogP contribution < -0.4 is 10.1 Å². The minimum absolute atomic E-state index is 0.286. The van der Waals surface area contributed by atoms with E-state index in [9.17, 15) is 0 Å². The summed E-state index contributed by atoms with van der Waals surface area (Å²) in [6, 6.07) is 8.58. The monoisotopic (exact) mass is 278 g/mol. The van der Waals surface area contributed by atoms with Crippen LogP contribution in [0.3, 0.4) is 0 Å². The molecule has 1 aromatic carbocycles. The summed E-state index contributed by atoms with van der Waals surface area (Å²) in [5, 5.41) is 3.41. The molecule has 2 atom stereocenters. The lowest BCUT2D eigenvalue weighted by atomic mass is 10.1. The van der Waals surface area contributed by atoms with Gasteiger partial charge >= 0.3 is 0 Å². The fourth-order valence-electron chi connectivity index (χ4n) is 2.81. The van der Waals surface area contributed by atoms with E-state index in [0.717, 1.165) is 31.8 Å². The van der Waals surface area contributed by atoms with Crippen LogP contribution in [-0.4, -0.2) is 51.4 Å². The zero-order valence-corrected chi connectivity index (χ0v) is 12.8. The molecule has 1 N–H and O–H groups in total. The van der Waals surface area contributed by atoms with Crippen molar-refractivity contribution in [1.82, 2.24) is 10.2 Å². The van der Waals surface area contributed by atoms with Crippen molar-refractivity contribution in [2.45, 2.75) is 25.5 Å². The largest absolute Gasteiger partial charge is 0.494 e. The molecule has 0 saturated carbocycles. The molecule has 0 radical (unpaired) electrons. The van der Waals surface area contributed by atoms with Crippen LogP contribution in [0.15, 0.2) is 24.3 Å². The first-order valence-corrected chi connectivity index (χ1v) is 7.42. The zero-order chi connectivity index (χ0) is 14.4. The molecule has 20 heavy (non-hydrogen) atoms. The molecule has 1 fully saturated rings. The smallest absolute Gasteiger partial charge is 0.124 e. The van der Waals surface area contributed by atoms with Crippen LogP contribution in [0.25, 0.3) is 0 Å². The number of methoxy groups -OCH3 is 1. The van der Waals surface area contributed by atoms with Gasteiger partial charge in [0.25, 0.3) is 0 Å². The normalized spacial score (nSPS) is 21.1. The fraction of sp³-hybridized carbons (Fsp3) is 0.625. The molecule has 4 heteroatoms. The van der Waals surface area contributed by atoms with Crippen molar-refractivity contribution in [1.29, 1.82) is 0 Å². The van der Waals surface area contributed by atoms with Crippen molar-refractivity contribution in [3.05, 3.63) is 29.8 Å². The Morgan fingerprint density at radius 1 is 1.40 bits per heavy atom. The van der Waals surface area contributed by atoms with Crippen molar-refractivity contribution in [2.75, 3.05) is 40.4 Å². The second kappa shape index (κ2) is 7.62. The van der Waals surface area contributed by atoms with Gasteiger partial charge in [0.1, 0.15) is 5.75 Å².